The second-order valence-corrected chi connectivity index (χ2v) is 9.23. The Balaban J connectivity index is 1.86. The molecule has 2 bridgehead atoms. The average molecular weight is 440 g/mol. The molecule has 7 atom stereocenters. The van der Waals surface area contributed by atoms with Gasteiger partial charge in [-0.15, -0.1) is 0 Å². The van der Waals surface area contributed by atoms with Gasteiger partial charge in [0.25, 0.3) is 0 Å². The van der Waals surface area contributed by atoms with Gasteiger partial charge >= 0.3 is 5.97 Å². The van der Waals surface area contributed by atoms with Crippen LogP contribution in [0, 0.1) is 17.8 Å². The van der Waals surface area contributed by atoms with Crippen molar-refractivity contribution < 1.29 is 24.0 Å². The van der Waals surface area contributed by atoms with Gasteiger partial charge in [-0.3, -0.25) is 4.79 Å². The van der Waals surface area contributed by atoms with Crippen LogP contribution in [0.2, 0.25) is 0 Å². The van der Waals surface area contributed by atoms with Crippen LogP contribution < -0.4 is 0 Å². The lowest BCUT2D eigenvalue weighted by atomic mass is 9.58. The zero-order valence-electron chi connectivity index (χ0n) is 12.6. The molecule has 1 saturated carbocycles. The molecular formula is C15H20Br2O5. The Labute approximate surface area is 146 Å². The van der Waals surface area contributed by atoms with Crippen LogP contribution in [0.15, 0.2) is 0 Å². The fraction of sp³-hybridized carbons (Fsp3) is 0.933. The first-order chi connectivity index (χ1) is 10.4. The number of esters is 1. The summed E-state index contributed by atoms with van der Waals surface area (Å²) < 4.78 is 11.0. The van der Waals surface area contributed by atoms with Gasteiger partial charge in [0.2, 0.25) is 12.1 Å². The zero-order chi connectivity index (χ0) is 15.8. The van der Waals surface area contributed by atoms with Gasteiger partial charge in [0.1, 0.15) is 4.32 Å². The predicted octanol–water partition coefficient (Wildman–Crippen LogP) is 3.29. The molecule has 4 saturated heterocycles. The molecule has 5 rings (SSSR count). The van der Waals surface area contributed by atoms with Crippen molar-refractivity contribution >= 4 is 37.8 Å². The Morgan fingerprint density at radius 1 is 1.27 bits per heavy atom. The Bertz CT molecular complexity index is 516. The lowest BCUT2D eigenvalue weighted by Gasteiger charge is -2.60. The Morgan fingerprint density at radius 2 is 2.05 bits per heavy atom. The van der Waals surface area contributed by atoms with Gasteiger partial charge in [-0.05, 0) is 32.1 Å². The molecule has 0 aromatic rings. The average Bonchev–Trinajstić information content (AvgIpc) is 2.71. The smallest absolute Gasteiger partial charge is 0.326 e. The monoisotopic (exact) mass is 438 g/mol. The van der Waals surface area contributed by atoms with E-state index < -0.39 is 22.0 Å². The number of halogens is 2. The van der Waals surface area contributed by atoms with Crippen molar-refractivity contribution in [2.45, 2.75) is 61.5 Å². The summed E-state index contributed by atoms with van der Waals surface area (Å²) in [7, 11) is 0. The van der Waals surface area contributed by atoms with Gasteiger partial charge in [-0.25, -0.2) is 9.78 Å². The molecule has 22 heavy (non-hydrogen) atoms. The molecule has 0 N–H and O–H groups in total. The van der Waals surface area contributed by atoms with Crippen LogP contribution in [0.25, 0.3) is 0 Å². The van der Waals surface area contributed by atoms with E-state index in [2.05, 4.69) is 38.8 Å². The quantitative estimate of drug-likeness (QED) is 0.356. The summed E-state index contributed by atoms with van der Waals surface area (Å²) in [4.78, 5) is 24.3. The summed E-state index contributed by atoms with van der Waals surface area (Å²) in [5, 5.41) is 0.472. The number of carbonyl (C=O) groups is 1. The fourth-order valence-electron chi connectivity index (χ4n) is 4.77. The van der Waals surface area contributed by atoms with E-state index in [1.54, 1.807) is 0 Å². The minimum absolute atomic E-state index is 0.0468. The Hall–Kier alpha value is 0.310. The summed E-state index contributed by atoms with van der Waals surface area (Å²) in [6.45, 7) is 4.10. The largest absolute Gasteiger partial charge is 0.431 e. The first-order valence-corrected chi connectivity index (χ1v) is 9.78. The number of fused-ring (bicyclic) bond motifs is 2. The molecule has 0 radical (unpaired) electrons. The molecule has 5 fully saturated rings. The Kier molecular flexibility index (Phi) is 3.53. The molecule has 0 amide bonds. The first kappa shape index (κ1) is 15.8. The standard InChI is InChI=1S/C15H20Br2O5/c1-8-3-4-10-14(17,7-16)11(18)19-12-15(10)9(8)5-6-13(2,20-12)21-22-15/h8-10,12H,3-7H2,1-2H3/t8-,9?,10?,12-,13-,14-,15-/m1/s1. The second-order valence-electron chi connectivity index (χ2n) is 7.26. The second kappa shape index (κ2) is 4.91. The van der Waals surface area contributed by atoms with Crippen molar-refractivity contribution in [3.05, 3.63) is 0 Å². The van der Waals surface area contributed by atoms with Crippen LogP contribution >= 0.6 is 31.9 Å². The van der Waals surface area contributed by atoms with Crippen molar-refractivity contribution in [3.8, 4) is 0 Å². The predicted molar refractivity (Wildman–Crippen MR) is 84.3 cm³/mol. The normalized spacial score (nSPS) is 57.0. The van der Waals surface area contributed by atoms with E-state index in [9.17, 15) is 4.79 Å². The lowest BCUT2D eigenvalue weighted by Crippen LogP contribution is -2.74. The minimum Gasteiger partial charge on any atom is -0.431 e. The molecule has 4 aliphatic heterocycles. The van der Waals surface area contributed by atoms with E-state index in [1.165, 1.54) is 0 Å². The summed E-state index contributed by atoms with van der Waals surface area (Å²) in [6, 6.07) is 0. The molecule has 0 aromatic heterocycles. The molecule has 5 nitrogen and oxygen atoms in total. The highest BCUT2D eigenvalue weighted by atomic mass is 79.9. The number of hydrogen-bond donors (Lipinski definition) is 0. The molecular weight excluding hydrogens is 420 g/mol. The van der Waals surface area contributed by atoms with Gasteiger partial charge in [-0.2, -0.15) is 0 Å². The topological polar surface area (TPSA) is 54.0 Å². The molecule has 124 valence electrons. The van der Waals surface area contributed by atoms with E-state index in [0.717, 1.165) is 25.7 Å². The maximum Gasteiger partial charge on any atom is 0.326 e. The maximum atomic E-state index is 12.6. The minimum atomic E-state index is -0.835. The van der Waals surface area contributed by atoms with Crippen LogP contribution in [0.5, 0.6) is 0 Å². The number of rotatable bonds is 1. The van der Waals surface area contributed by atoms with E-state index in [-0.39, 0.29) is 17.8 Å². The third-order valence-electron chi connectivity index (χ3n) is 6.02. The molecule has 0 aromatic carbocycles. The van der Waals surface area contributed by atoms with Crippen LogP contribution in [-0.2, 0) is 24.0 Å². The van der Waals surface area contributed by atoms with Crippen molar-refractivity contribution in [2.24, 2.45) is 17.8 Å². The van der Waals surface area contributed by atoms with Crippen LogP contribution in [-0.4, -0.2) is 33.3 Å². The van der Waals surface area contributed by atoms with Crippen molar-refractivity contribution in [2.75, 3.05) is 5.33 Å². The van der Waals surface area contributed by atoms with Gasteiger partial charge in [0.15, 0.2) is 5.60 Å². The van der Waals surface area contributed by atoms with E-state index in [0.29, 0.717) is 11.2 Å². The number of ether oxygens (including phenoxy) is 2. The zero-order valence-corrected chi connectivity index (χ0v) is 15.8. The fourth-order valence-corrected chi connectivity index (χ4v) is 6.07. The van der Waals surface area contributed by atoms with E-state index >= 15 is 0 Å². The summed E-state index contributed by atoms with van der Waals surface area (Å²) in [6.07, 6.45) is 2.95. The highest BCUT2D eigenvalue weighted by Gasteiger charge is 2.74. The molecule has 2 unspecified atom stereocenters. The van der Waals surface area contributed by atoms with Gasteiger partial charge in [0, 0.05) is 23.6 Å². The Morgan fingerprint density at radius 3 is 2.77 bits per heavy atom. The van der Waals surface area contributed by atoms with Gasteiger partial charge in [-0.1, -0.05) is 38.8 Å². The van der Waals surface area contributed by atoms with Crippen LogP contribution in [0.1, 0.15) is 39.5 Å². The van der Waals surface area contributed by atoms with Crippen molar-refractivity contribution in [3.63, 3.8) is 0 Å². The SMILES string of the molecule is C[C@@H]1CCC2[C@]34OO[C@](C)(CCC13)O[C@H]4OC(=O)[C@@]2(Br)CBr. The van der Waals surface area contributed by atoms with E-state index in [1.807, 2.05) is 6.92 Å². The van der Waals surface area contributed by atoms with Crippen LogP contribution in [0.4, 0.5) is 0 Å². The third kappa shape index (κ3) is 1.83. The lowest BCUT2D eigenvalue weighted by molar-refractivity contribution is -0.558. The molecule has 4 heterocycles. The highest BCUT2D eigenvalue weighted by molar-refractivity contribution is 9.12. The summed E-state index contributed by atoms with van der Waals surface area (Å²) in [5.41, 5.74) is -0.723. The molecule has 7 heteroatoms. The maximum absolute atomic E-state index is 12.6. The van der Waals surface area contributed by atoms with Gasteiger partial charge < -0.3 is 9.47 Å². The van der Waals surface area contributed by atoms with Crippen molar-refractivity contribution in [1.29, 1.82) is 0 Å². The summed E-state index contributed by atoms with van der Waals surface area (Å²) >= 11 is 7.13. The number of alkyl halides is 2. The molecule has 1 spiro atoms. The highest BCUT2D eigenvalue weighted by Crippen LogP contribution is 2.62. The first-order valence-electron chi connectivity index (χ1n) is 7.86. The van der Waals surface area contributed by atoms with Gasteiger partial charge in [0.05, 0.1) is 0 Å². The van der Waals surface area contributed by atoms with Crippen molar-refractivity contribution in [1.82, 2.24) is 0 Å². The molecule has 5 aliphatic rings. The number of hydrogen-bond acceptors (Lipinski definition) is 5. The summed E-state index contributed by atoms with van der Waals surface area (Å²) in [5.74, 6) is -0.425. The van der Waals surface area contributed by atoms with E-state index in [4.69, 9.17) is 19.2 Å². The number of carbonyl (C=O) groups excluding carboxylic acids is 1. The van der Waals surface area contributed by atoms with Crippen LogP contribution in [0.3, 0.4) is 0 Å². The molecule has 1 aliphatic carbocycles. The third-order valence-corrected chi connectivity index (χ3v) is 8.81.